The Kier molecular flexibility index (Phi) is 3.63. The Bertz CT molecular complexity index is 534. The Morgan fingerprint density at radius 3 is 2.35 bits per heavy atom. The van der Waals surface area contributed by atoms with E-state index in [2.05, 4.69) is 58.1 Å². The fourth-order valence-corrected chi connectivity index (χ4v) is 2.83. The smallest absolute Gasteiger partial charge is 0.128 e. The predicted molar refractivity (Wildman–Crippen MR) is 82.7 cm³/mol. The van der Waals surface area contributed by atoms with Crippen LogP contribution in [0.25, 0.3) is 0 Å². The lowest BCUT2D eigenvalue weighted by molar-refractivity contribution is 0.487. The van der Waals surface area contributed by atoms with Crippen molar-refractivity contribution in [3.05, 3.63) is 47.9 Å². The molecule has 4 heteroatoms. The van der Waals surface area contributed by atoms with E-state index in [1.807, 2.05) is 12.3 Å². The minimum Gasteiger partial charge on any atom is -0.356 e. The van der Waals surface area contributed by atoms with Crippen LogP contribution in [-0.2, 0) is 0 Å². The van der Waals surface area contributed by atoms with Crippen molar-refractivity contribution in [3.63, 3.8) is 0 Å². The third-order valence-electron chi connectivity index (χ3n) is 4.05. The van der Waals surface area contributed by atoms with Gasteiger partial charge in [0.25, 0.3) is 0 Å². The lowest BCUT2D eigenvalue weighted by Gasteiger charge is -2.34. The molecule has 3 heterocycles. The van der Waals surface area contributed by atoms with Crippen molar-refractivity contribution in [1.29, 1.82) is 0 Å². The van der Waals surface area contributed by atoms with Crippen LogP contribution >= 0.6 is 0 Å². The molecule has 0 aromatic carbocycles. The van der Waals surface area contributed by atoms with Crippen LogP contribution in [0.15, 0.2) is 36.5 Å². The molecule has 0 saturated carbocycles. The average molecular weight is 270 g/mol. The Morgan fingerprint density at radius 2 is 1.75 bits per heavy atom. The molecule has 0 spiro atoms. The third kappa shape index (κ3) is 2.64. The number of rotatable bonds is 3. The zero-order valence-electron chi connectivity index (χ0n) is 12.2. The molecule has 4 nitrogen and oxygen atoms in total. The molecule has 0 amide bonds. The first-order chi connectivity index (χ1) is 9.74. The van der Waals surface area contributed by atoms with E-state index in [9.17, 15) is 0 Å². The molecule has 1 saturated heterocycles. The van der Waals surface area contributed by atoms with Gasteiger partial charge in [0.05, 0.1) is 0 Å². The highest BCUT2D eigenvalue weighted by Crippen LogP contribution is 2.18. The molecule has 2 aromatic heterocycles. The molecule has 20 heavy (non-hydrogen) atoms. The van der Waals surface area contributed by atoms with Gasteiger partial charge in [-0.2, -0.15) is 0 Å². The van der Waals surface area contributed by atoms with Gasteiger partial charge in [0.15, 0.2) is 0 Å². The fraction of sp³-hybridized carbons (Fsp3) is 0.438. The van der Waals surface area contributed by atoms with Crippen molar-refractivity contribution in [2.75, 3.05) is 23.4 Å². The first-order valence-electron chi connectivity index (χ1n) is 7.31. The van der Waals surface area contributed by atoms with Crippen LogP contribution in [0.4, 0.5) is 5.82 Å². The monoisotopic (exact) mass is 270 g/mol. The second kappa shape index (κ2) is 5.57. The summed E-state index contributed by atoms with van der Waals surface area (Å²) in [5.41, 5.74) is 6.18. The Hall–Kier alpha value is -1.97. The molecule has 2 aromatic rings. The molecular formula is C16H22N4. The van der Waals surface area contributed by atoms with Crippen molar-refractivity contribution >= 4 is 5.82 Å². The average Bonchev–Trinajstić information content (AvgIpc) is 2.81. The van der Waals surface area contributed by atoms with Gasteiger partial charge in [-0.3, -0.25) is 4.68 Å². The van der Waals surface area contributed by atoms with Gasteiger partial charge in [-0.1, -0.05) is 6.07 Å². The molecule has 0 unspecified atom stereocenters. The van der Waals surface area contributed by atoms with Gasteiger partial charge in [-0.25, -0.2) is 4.98 Å². The SMILES string of the molecule is Cc1ccc(C)n1NC1CCN(c2ccccn2)CC1. The Balaban J connectivity index is 1.59. The maximum absolute atomic E-state index is 4.43. The van der Waals surface area contributed by atoms with E-state index in [-0.39, 0.29) is 0 Å². The number of nitrogens with one attached hydrogen (secondary N) is 1. The molecule has 1 fully saturated rings. The van der Waals surface area contributed by atoms with Crippen LogP contribution < -0.4 is 10.3 Å². The number of hydrogen-bond acceptors (Lipinski definition) is 3. The van der Waals surface area contributed by atoms with Crippen LogP contribution in [0.2, 0.25) is 0 Å². The van der Waals surface area contributed by atoms with Crippen LogP contribution in [0.1, 0.15) is 24.2 Å². The fourth-order valence-electron chi connectivity index (χ4n) is 2.83. The lowest BCUT2D eigenvalue weighted by atomic mass is 10.1. The summed E-state index contributed by atoms with van der Waals surface area (Å²) in [5.74, 6) is 1.10. The topological polar surface area (TPSA) is 33.1 Å². The number of pyridine rings is 1. The predicted octanol–water partition coefficient (Wildman–Crippen LogP) is 2.71. The molecule has 0 atom stereocenters. The van der Waals surface area contributed by atoms with Gasteiger partial charge in [-0.15, -0.1) is 0 Å². The van der Waals surface area contributed by atoms with E-state index >= 15 is 0 Å². The van der Waals surface area contributed by atoms with Gasteiger partial charge in [0, 0.05) is 36.7 Å². The zero-order chi connectivity index (χ0) is 13.9. The zero-order valence-corrected chi connectivity index (χ0v) is 12.2. The molecule has 106 valence electrons. The van der Waals surface area contributed by atoms with Crippen molar-refractivity contribution in [2.45, 2.75) is 32.7 Å². The van der Waals surface area contributed by atoms with E-state index in [1.54, 1.807) is 0 Å². The summed E-state index contributed by atoms with van der Waals surface area (Å²) >= 11 is 0. The molecule has 0 aliphatic carbocycles. The van der Waals surface area contributed by atoms with Crippen LogP contribution in [0.3, 0.4) is 0 Å². The molecular weight excluding hydrogens is 248 g/mol. The normalized spacial score (nSPS) is 16.4. The van der Waals surface area contributed by atoms with Crippen LogP contribution in [0, 0.1) is 13.8 Å². The Morgan fingerprint density at radius 1 is 1.05 bits per heavy atom. The second-order valence-corrected chi connectivity index (χ2v) is 5.53. The standard InChI is InChI=1S/C16H22N4/c1-13-6-7-14(2)20(13)18-15-8-11-19(12-9-15)16-5-3-4-10-17-16/h3-7,10,15,18H,8-9,11-12H2,1-2H3. The summed E-state index contributed by atoms with van der Waals surface area (Å²) in [5, 5.41) is 0. The summed E-state index contributed by atoms with van der Waals surface area (Å²) in [7, 11) is 0. The second-order valence-electron chi connectivity index (χ2n) is 5.53. The van der Waals surface area contributed by atoms with E-state index in [0.717, 1.165) is 31.7 Å². The van der Waals surface area contributed by atoms with Crippen LogP contribution in [0.5, 0.6) is 0 Å². The summed E-state index contributed by atoms with van der Waals surface area (Å²) in [6.45, 7) is 6.41. The highest BCUT2D eigenvalue weighted by Gasteiger charge is 2.20. The van der Waals surface area contributed by atoms with Crippen molar-refractivity contribution in [3.8, 4) is 0 Å². The largest absolute Gasteiger partial charge is 0.356 e. The molecule has 1 aliphatic rings. The van der Waals surface area contributed by atoms with E-state index in [1.165, 1.54) is 11.4 Å². The minimum absolute atomic E-state index is 0.541. The summed E-state index contributed by atoms with van der Waals surface area (Å²) in [4.78, 5) is 6.80. The van der Waals surface area contributed by atoms with E-state index in [4.69, 9.17) is 0 Å². The molecule has 3 rings (SSSR count). The summed E-state index contributed by atoms with van der Waals surface area (Å²) < 4.78 is 2.21. The highest BCUT2D eigenvalue weighted by molar-refractivity contribution is 5.38. The molecule has 0 bridgehead atoms. The number of anilines is 1. The van der Waals surface area contributed by atoms with Gasteiger partial charge in [-0.05, 0) is 51.0 Å². The number of aryl methyl sites for hydroxylation is 2. The van der Waals surface area contributed by atoms with Gasteiger partial charge < -0.3 is 10.3 Å². The maximum Gasteiger partial charge on any atom is 0.128 e. The lowest BCUT2D eigenvalue weighted by Crippen LogP contribution is -2.42. The number of piperidine rings is 1. The minimum atomic E-state index is 0.541. The quantitative estimate of drug-likeness (QED) is 0.931. The summed E-state index contributed by atoms with van der Waals surface area (Å²) in [6, 6.07) is 11.0. The summed E-state index contributed by atoms with van der Waals surface area (Å²) in [6.07, 6.45) is 4.16. The van der Waals surface area contributed by atoms with Crippen molar-refractivity contribution in [2.24, 2.45) is 0 Å². The number of aromatic nitrogens is 2. The first kappa shape index (κ1) is 13.0. The maximum atomic E-state index is 4.43. The Labute approximate surface area is 120 Å². The van der Waals surface area contributed by atoms with Gasteiger partial charge in [0.1, 0.15) is 5.82 Å². The van der Waals surface area contributed by atoms with E-state index in [0.29, 0.717) is 6.04 Å². The molecule has 1 aliphatic heterocycles. The molecule has 1 N–H and O–H groups in total. The van der Waals surface area contributed by atoms with E-state index < -0.39 is 0 Å². The van der Waals surface area contributed by atoms with Gasteiger partial charge in [0.2, 0.25) is 0 Å². The van der Waals surface area contributed by atoms with Crippen molar-refractivity contribution in [1.82, 2.24) is 9.66 Å². The first-order valence-corrected chi connectivity index (χ1v) is 7.31. The van der Waals surface area contributed by atoms with Crippen molar-refractivity contribution < 1.29 is 0 Å². The highest BCUT2D eigenvalue weighted by atomic mass is 15.4. The van der Waals surface area contributed by atoms with Gasteiger partial charge >= 0.3 is 0 Å². The third-order valence-corrected chi connectivity index (χ3v) is 4.05. The number of hydrogen-bond donors (Lipinski definition) is 1. The van der Waals surface area contributed by atoms with Crippen LogP contribution in [-0.4, -0.2) is 28.8 Å². The molecule has 0 radical (unpaired) electrons. The number of nitrogens with zero attached hydrogens (tertiary/aromatic N) is 3.